The second-order valence-electron chi connectivity index (χ2n) is 1.60. The average Bonchev–Trinajstić information content (AvgIpc) is 2.03. The van der Waals surface area contributed by atoms with Crippen molar-refractivity contribution in [2.45, 2.75) is 6.92 Å². The molecule has 0 aliphatic carbocycles. The summed E-state index contributed by atoms with van der Waals surface area (Å²) in [5.74, 6) is 0. The van der Waals surface area contributed by atoms with Crippen LogP contribution < -0.4 is 0 Å². The molecule has 0 spiro atoms. The van der Waals surface area contributed by atoms with E-state index in [2.05, 4.69) is 18.9 Å². The smallest absolute Gasteiger partial charge is 0.434 e. The molecule has 0 aliphatic rings. The van der Waals surface area contributed by atoms with Gasteiger partial charge in [-0.2, -0.15) is 0 Å². The van der Waals surface area contributed by atoms with Crippen molar-refractivity contribution in [3.63, 3.8) is 0 Å². The van der Waals surface area contributed by atoms with Crippen LogP contribution in [-0.4, -0.2) is 31.5 Å². The molecule has 0 amide bonds. The van der Waals surface area contributed by atoms with Gasteiger partial charge in [-0.25, -0.2) is 14.4 Å². The van der Waals surface area contributed by atoms with Gasteiger partial charge in [-0.15, -0.1) is 0 Å². The van der Waals surface area contributed by atoms with Gasteiger partial charge in [0.15, 0.2) is 0 Å². The second-order valence-corrected chi connectivity index (χ2v) is 1.60. The molecule has 0 radical (unpaired) electrons. The van der Waals surface area contributed by atoms with Gasteiger partial charge in [-0.05, 0) is 6.92 Å². The van der Waals surface area contributed by atoms with Crippen molar-refractivity contribution in [3.05, 3.63) is 0 Å². The molecule has 0 heterocycles. The fourth-order valence-electron chi connectivity index (χ4n) is 0.368. The highest BCUT2D eigenvalue weighted by Gasteiger charge is 2.17. The molecule has 0 aromatic rings. The van der Waals surface area contributed by atoms with E-state index < -0.39 is 18.5 Å². The van der Waals surface area contributed by atoms with E-state index in [0.717, 1.165) is 0 Å². The van der Waals surface area contributed by atoms with Gasteiger partial charge in [0.05, 0.1) is 6.61 Å². The molecule has 0 rings (SSSR count). The number of hydrogen-bond acceptors (Lipinski definition) is 8. The Balaban J connectivity index is 3.80. The quantitative estimate of drug-likeness (QED) is 0.367. The van der Waals surface area contributed by atoms with Crippen molar-refractivity contribution in [2.75, 3.05) is 6.61 Å². The number of carbonyl (C=O) groups excluding carboxylic acids is 4. The molecule has 0 atom stereocenters. The minimum absolute atomic E-state index is 0.00903. The van der Waals surface area contributed by atoms with Crippen molar-refractivity contribution in [1.29, 1.82) is 0 Å². The highest BCUT2D eigenvalue weighted by Crippen LogP contribution is 1.92. The Morgan fingerprint density at radius 3 is 2.14 bits per heavy atom. The van der Waals surface area contributed by atoms with Crippen LogP contribution in [0.15, 0.2) is 0 Å². The number of rotatable bonds is 2. The second kappa shape index (κ2) is 6.40. The Hall–Kier alpha value is -2.12. The highest BCUT2D eigenvalue weighted by molar-refractivity contribution is 5.85. The average molecular weight is 206 g/mol. The normalized spacial score (nSPS) is 8.36. The first-order valence-electron chi connectivity index (χ1n) is 3.30. The maximum atomic E-state index is 10.5. The Kier molecular flexibility index (Phi) is 5.43. The topological polar surface area (TPSA) is 105 Å². The minimum atomic E-state index is -1.64. The Labute approximate surface area is 77.7 Å². The number of ether oxygens (including phenoxy) is 4. The third-order valence-electron chi connectivity index (χ3n) is 0.740. The van der Waals surface area contributed by atoms with Crippen LogP contribution >= 0.6 is 0 Å². The van der Waals surface area contributed by atoms with E-state index >= 15 is 0 Å². The molecular formula is C6H6O8. The van der Waals surface area contributed by atoms with Gasteiger partial charge in [0, 0.05) is 0 Å². The summed E-state index contributed by atoms with van der Waals surface area (Å²) >= 11 is 0. The summed E-state index contributed by atoms with van der Waals surface area (Å²) in [5.41, 5.74) is 0. The third kappa shape index (κ3) is 5.52. The predicted octanol–water partition coefficient (Wildman–Crippen LogP) is 0.589. The number of hydrogen-bond donors (Lipinski definition) is 0. The highest BCUT2D eigenvalue weighted by atomic mass is 16.9. The summed E-state index contributed by atoms with van der Waals surface area (Å²) in [4.78, 5) is 40.7. The zero-order valence-electron chi connectivity index (χ0n) is 7.05. The SMILES string of the molecule is CCOC(=O)OC(=O)OC(=O)OC=O. The van der Waals surface area contributed by atoms with Gasteiger partial charge < -0.3 is 18.9 Å². The van der Waals surface area contributed by atoms with Crippen molar-refractivity contribution in [2.24, 2.45) is 0 Å². The van der Waals surface area contributed by atoms with E-state index in [1.165, 1.54) is 6.92 Å². The standard InChI is InChI=1S/C6H6O8/c1-2-11-4(8)13-6(10)14-5(9)12-3-7/h3H,2H2,1H3. The molecule has 0 saturated carbocycles. The van der Waals surface area contributed by atoms with Crippen LogP contribution in [0.5, 0.6) is 0 Å². The van der Waals surface area contributed by atoms with E-state index in [9.17, 15) is 19.2 Å². The summed E-state index contributed by atoms with van der Waals surface area (Å²) in [6.45, 7) is 1.22. The van der Waals surface area contributed by atoms with Crippen LogP contribution in [0.1, 0.15) is 6.92 Å². The van der Waals surface area contributed by atoms with Crippen molar-refractivity contribution in [3.8, 4) is 0 Å². The lowest BCUT2D eigenvalue weighted by Gasteiger charge is -2.00. The molecule has 0 fully saturated rings. The molecule has 8 heteroatoms. The molecule has 14 heavy (non-hydrogen) atoms. The van der Waals surface area contributed by atoms with E-state index in [0.29, 0.717) is 0 Å². The van der Waals surface area contributed by atoms with E-state index in [1.807, 2.05) is 0 Å². The summed E-state index contributed by atoms with van der Waals surface area (Å²) in [5, 5.41) is 0. The Bertz CT molecular complexity index is 244. The molecule has 0 unspecified atom stereocenters. The van der Waals surface area contributed by atoms with Gasteiger partial charge in [-0.3, -0.25) is 4.79 Å². The largest absolute Gasteiger partial charge is 0.528 e. The molecule has 0 aromatic carbocycles. The van der Waals surface area contributed by atoms with Crippen LogP contribution in [0.2, 0.25) is 0 Å². The number of carbonyl (C=O) groups is 4. The lowest BCUT2D eigenvalue weighted by atomic mass is 10.9. The van der Waals surface area contributed by atoms with Gasteiger partial charge >= 0.3 is 24.9 Å². The van der Waals surface area contributed by atoms with E-state index in [1.54, 1.807) is 0 Å². The first-order valence-corrected chi connectivity index (χ1v) is 3.30. The maximum Gasteiger partial charge on any atom is 0.528 e. The third-order valence-corrected chi connectivity index (χ3v) is 0.740. The Morgan fingerprint density at radius 2 is 1.64 bits per heavy atom. The molecule has 0 N–H and O–H groups in total. The lowest BCUT2D eigenvalue weighted by molar-refractivity contribution is -0.124. The molecule has 0 saturated heterocycles. The molecule has 0 aromatic heterocycles. The van der Waals surface area contributed by atoms with Crippen molar-refractivity contribution in [1.82, 2.24) is 0 Å². The molecule has 0 bridgehead atoms. The zero-order chi connectivity index (χ0) is 11.0. The molecule has 0 aliphatic heterocycles. The predicted molar refractivity (Wildman–Crippen MR) is 37.1 cm³/mol. The van der Waals surface area contributed by atoms with Gasteiger partial charge in [0.25, 0.3) is 0 Å². The van der Waals surface area contributed by atoms with Crippen LogP contribution in [0, 0.1) is 0 Å². The first kappa shape index (κ1) is 11.9. The summed E-state index contributed by atoms with van der Waals surface area (Å²) in [6.07, 6.45) is -4.57. The molecular weight excluding hydrogens is 200 g/mol. The van der Waals surface area contributed by atoms with Crippen LogP contribution in [0.3, 0.4) is 0 Å². The van der Waals surface area contributed by atoms with Crippen LogP contribution in [0.4, 0.5) is 14.4 Å². The zero-order valence-corrected chi connectivity index (χ0v) is 7.05. The fourth-order valence-corrected chi connectivity index (χ4v) is 0.368. The van der Waals surface area contributed by atoms with Gasteiger partial charge in [0.1, 0.15) is 0 Å². The van der Waals surface area contributed by atoms with Crippen molar-refractivity contribution >= 4 is 24.9 Å². The van der Waals surface area contributed by atoms with Crippen LogP contribution in [-0.2, 0) is 23.7 Å². The monoisotopic (exact) mass is 206 g/mol. The van der Waals surface area contributed by atoms with E-state index in [4.69, 9.17) is 0 Å². The Morgan fingerprint density at radius 1 is 1.07 bits per heavy atom. The summed E-state index contributed by atoms with van der Waals surface area (Å²) in [7, 11) is 0. The van der Waals surface area contributed by atoms with Gasteiger partial charge in [-0.1, -0.05) is 0 Å². The minimum Gasteiger partial charge on any atom is -0.434 e. The first-order chi connectivity index (χ1) is 6.60. The fraction of sp³-hybridized carbons (Fsp3) is 0.333. The summed E-state index contributed by atoms with van der Waals surface area (Å²) < 4.78 is 15.2. The molecule has 78 valence electrons. The van der Waals surface area contributed by atoms with Crippen LogP contribution in [0.25, 0.3) is 0 Å². The van der Waals surface area contributed by atoms with E-state index in [-0.39, 0.29) is 13.1 Å². The maximum absolute atomic E-state index is 10.5. The van der Waals surface area contributed by atoms with Crippen molar-refractivity contribution < 1.29 is 38.1 Å². The molecule has 8 nitrogen and oxygen atoms in total. The summed E-state index contributed by atoms with van der Waals surface area (Å²) in [6, 6.07) is 0. The lowest BCUT2D eigenvalue weighted by Crippen LogP contribution is -2.18. The van der Waals surface area contributed by atoms with Gasteiger partial charge in [0.2, 0.25) is 0 Å².